The number of likely N-dealkylation sites (N-methyl/N-ethyl adjacent to an activating group) is 1. The van der Waals surface area contributed by atoms with E-state index >= 15 is 0 Å². The minimum absolute atomic E-state index is 0.0604. The molecule has 1 saturated heterocycles. The number of thiazole rings is 1. The van der Waals surface area contributed by atoms with E-state index in [1.165, 1.54) is 12.1 Å². The van der Waals surface area contributed by atoms with E-state index < -0.39 is 0 Å². The van der Waals surface area contributed by atoms with Crippen LogP contribution in [0, 0.1) is 5.82 Å². The van der Waals surface area contributed by atoms with E-state index in [0.29, 0.717) is 12.6 Å². The molecule has 7 heteroatoms. The van der Waals surface area contributed by atoms with E-state index in [9.17, 15) is 9.18 Å². The number of benzene rings is 1. The van der Waals surface area contributed by atoms with Crippen LogP contribution in [0.2, 0.25) is 0 Å². The topological polar surface area (TPSA) is 57.3 Å². The van der Waals surface area contributed by atoms with Crippen LogP contribution in [0.15, 0.2) is 29.6 Å². The number of halogens is 1. The normalized spacial score (nSPS) is 16.1. The first kappa shape index (κ1) is 16.9. The van der Waals surface area contributed by atoms with E-state index in [1.54, 1.807) is 30.5 Å². The fraction of sp³-hybridized carbons (Fsp3) is 0.412. The smallest absolute Gasteiger partial charge is 0.233 e. The van der Waals surface area contributed by atoms with Gasteiger partial charge in [0.05, 0.1) is 12.2 Å². The van der Waals surface area contributed by atoms with E-state index in [4.69, 9.17) is 0 Å². The molecule has 0 aliphatic carbocycles. The van der Waals surface area contributed by atoms with Gasteiger partial charge in [-0.2, -0.15) is 0 Å². The van der Waals surface area contributed by atoms with Crippen LogP contribution < -0.4 is 10.6 Å². The van der Waals surface area contributed by atoms with Crippen molar-refractivity contribution in [3.05, 3.63) is 35.5 Å². The standard InChI is InChI=1S/C17H21FN4OS/c1-19-16(23)10-22-8-6-14(7-9-22)20-17-21-15(11-24-17)12-2-4-13(18)5-3-12/h2-5,11,14H,6-10H2,1H3,(H,19,23)(H,20,21). The van der Waals surface area contributed by atoms with Gasteiger partial charge in [-0.3, -0.25) is 9.69 Å². The molecule has 3 rings (SSSR count). The summed E-state index contributed by atoms with van der Waals surface area (Å²) < 4.78 is 13.0. The zero-order valence-electron chi connectivity index (χ0n) is 13.6. The van der Waals surface area contributed by atoms with Crippen LogP contribution >= 0.6 is 11.3 Å². The highest BCUT2D eigenvalue weighted by atomic mass is 32.1. The molecule has 128 valence electrons. The Labute approximate surface area is 144 Å². The Hall–Kier alpha value is -1.99. The first-order valence-corrected chi connectivity index (χ1v) is 8.93. The van der Waals surface area contributed by atoms with Crippen LogP contribution in [0.5, 0.6) is 0 Å². The molecule has 0 bridgehead atoms. The summed E-state index contributed by atoms with van der Waals surface area (Å²) in [4.78, 5) is 18.2. The van der Waals surface area contributed by atoms with E-state index in [1.807, 2.05) is 5.38 Å². The van der Waals surface area contributed by atoms with Crippen LogP contribution in [0.25, 0.3) is 11.3 Å². The Morgan fingerprint density at radius 2 is 2.04 bits per heavy atom. The summed E-state index contributed by atoms with van der Waals surface area (Å²) in [6.07, 6.45) is 1.98. The van der Waals surface area contributed by atoms with Gasteiger partial charge in [-0.1, -0.05) is 0 Å². The van der Waals surface area contributed by atoms with Gasteiger partial charge in [-0.05, 0) is 37.1 Å². The molecule has 5 nitrogen and oxygen atoms in total. The fourth-order valence-electron chi connectivity index (χ4n) is 2.79. The van der Waals surface area contributed by atoms with Crippen molar-refractivity contribution in [3.8, 4) is 11.3 Å². The van der Waals surface area contributed by atoms with Crippen molar-refractivity contribution in [1.82, 2.24) is 15.2 Å². The molecule has 1 fully saturated rings. The Morgan fingerprint density at radius 3 is 2.71 bits per heavy atom. The Morgan fingerprint density at radius 1 is 1.33 bits per heavy atom. The van der Waals surface area contributed by atoms with Crippen molar-refractivity contribution >= 4 is 22.4 Å². The lowest BCUT2D eigenvalue weighted by atomic mass is 10.1. The largest absolute Gasteiger partial charge is 0.359 e. The molecule has 24 heavy (non-hydrogen) atoms. The number of carbonyl (C=O) groups is 1. The minimum Gasteiger partial charge on any atom is -0.359 e. The summed E-state index contributed by atoms with van der Waals surface area (Å²) in [5, 5.41) is 9.00. The zero-order valence-corrected chi connectivity index (χ0v) is 14.4. The number of aromatic nitrogens is 1. The molecule has 2 heterocycles. The van der Waals surface area contributed by atoms with Gasteiger partial charge < -0.3 is 10.6 Å². The van der Waals surface area contributed by atoms with Crippen molar-refractivity contribution in [2.24, 2.45) is 0 Å². The first-order chi connectivity index (χ1) is 11.6. The van der Waals surface area contributed by atoms with E-state index in [2.05, 4.69) is 20.5 Å². The summed E-state index contributed by atoms with van der Waals surface area (Å²) in [5.41, 5.74) is 1.78. The maximum atomic E-state index is 13.0. The molecular weight excluding hydrogens is 327 g/mol. The van der Waals surface area contributed by atoms with Gasteiger partial charge in [-0.15, -0.1) is 11.3 Å². The third-order valence-electron chi connectivity index (χ3n) is 4.21. The van der Waals surface area contributed by atoms with Crippen LogP contribution in [0.1, 0.15) is 12.8 Å². The van der Waals surface area contributed by atoms with Gasteiger partial charge >= 0.3 is 0 Å². The van der Waals surface area contributed by atoms with Crippen LogP contribution in [0.3, 0.4) is 0 Å². The monoisotopic (exact) mass is 348 g/mol. The molecular formula is C17H21FN4OS. The summed E-state index contributed by atoms with van der Waals surface area (Å²) in [6, 6.07) is 6.75. The molecule has 1 aliphatic heterocycles. The average Bonchev–Trinajstić information content (AvgIpc) is 3.05. The van der Waals surface area contributed by atoms with Crippen LogP contribution in [-0.2, 0) is 4.79 Å². The zero-order chi connectivity index (χ0) is 16.9. The van der Waals surface area contributed by atoms with Gasteiger partial charge in [-0.25, -0.2) is 9.37 Å². The first-order valence-electron chi connectivity index (χ1n) is 8.05. The lowest BCUT2D eigenvalue weighted by Gasteiger charge is -2.31. The van der Waals surface area contributed by atoms with Gasteiger partial charge in [0.25, 0.3) is 0 Å². The SMILES string of the molecule is CNC(=O)CN1CCC(Nc2nc(-c3ccc(F)cc3)cs2)CC1. The number of hydrogen-bond acceptors (Lipinski definition) is 5. The third-order valence-corrected chi connectivity index (χ3v) is 4.98. The summed E-state index contributed by atoms with van der Waals surface area (Å²) in [7, 11) is 1.66. The number of amides is 1. The summed E-state index contributed by atoms with van der Waals surface area (Å²) in [5.74, 6) is -0.180. The molecule has 1 aliphatic rings. The maximum absolute atomic E-state index is 13.0. The number of anilines is 1. The lowest BCUT2D eigenvalue weighted by Crippen LogP contribution is -2.43. The predicted octanol–water partition coefficient (Wildman–Crippen LogP) is 2.57. The second-order valence-electron chi connectivity index (χ2n) is 5.91. The van der Waals surface area contributed by atoms with E-state index in [0.717, 1.165) is 42.3 Å². The third kappa shape index (κ3) is 4.30. The fourth-order valence-corrected chi connectivity index (χ4v) is 3.58. The number of likely N-dealkylation sites (tertiary alicyclic amines) is 1. The molecule has 1 aromatic carbocycles. The predicted molar refractivity (Wildman–Crippen MR) is 94.7 cm³/mol. The average molecular weight is 348 g/mol. The van der Waals surface area contributed by atoms with Crippen LogP contribution in [0.4, 0.5) is 9.52 Å². The van der Waals surface area contributed by atoms with Crippen molar-refractivity contribution < 1.29 is 9.18 Å². The van der Waals surface area contributed by atoms with Gasteiger partial charge in [0.2, 0.25) is 5.91 Å². The number of nitrogens with one attached hydrogen (secondary N) is 2. The Kier molecular flexibility index (Phi) is 5.42. The Balaban J connectivity index is 1.53. The molecule has 0 atom stereocenters. The molecule has 0 spiro atoms. The maximum Gasteiger partial charge on any atom is 0.233 e. The van der Waals surface area contributed by atoms with Crippen molar-refractivity contribution in [2.75, 3.05) is 32.0 Å². The number of nitrogens with zero attached hydrogens (tertiary/aromatic N) is 2. The van der Waals surface area contributed by atoms with Crippen molar-refractivity contribution in [1.29, 1.82) is 0 Å². The number of rotatable bonds is 5. The lowest BCUT2D eigenvalue weighted by molar-refractivity contribution is -0.122. The molecule has 2 aromatic rings. The summed E-state index contributed by atoms with van der Waals surface area (Å²) in [6.45, 7) is 2.28. The second kappa shape index (κ2) is 7.72. The van der Waals surface area contributed by atoms with Gasteiger partial charge in [0.15, 0.2) is 5.13 Å². The molecule has 0 radical (unpaired) electrons. The quantitative estimate of drug-likeness (QED) is 0.872. The van der Waals surface area contributed by atoms with Crippen LogP contribution in [-0.4, -0.2) is 48.5 Å². The minimum atomic E-state index is -0.240. The highest BCUT2D eigenvalue weighted by Crippen LogP contribution is 2.26. The molecule has 0 saturated carbocycles. The van der Waals surface area contributed by atoms with Crippen molar-refractivity contribution in [3.63, 3.8) is 0 Å². The second-order valence-corrected chi connectivity index (χ2v) is 6.77. The molecule has 1 amide bonds. The molecule has 2 N–H and O–H groups in total. The highest BCUT2D eigenvalue weighted by molar-refractivity contribution is 7.14. The molecule has 0 unspecified atom stereocenters. The molecule has 1 aromatic heterocycles. The summed E-state index contributed by atoms with van der Waals surface area (Å²) >= 11 is 1.56. The number of piperidine rings is 1. The van der Waals surface area contributed by atoms with Gasteiger partial charge in [0, 0.05) is 37.1 Å². The van der Waals surface area contributed by atoms with Crippen molar-refractivity contribution in [2.45, 2.75) is 18.9 Å². The number of carbonyl (C=O) groups excluding carboxylic acids is 1. The van der Waals surface area contributed by atoms with E-state index in [-0.39, 0.29) is 11.7 Å². The number of hydrogen-bond donors (Lipinski definition) is 2. The van der Waals surface area contributed by atoms with Gasteiger partial charge in [0.1, 0.15) is 5.82 Å². The highest BCUT2D eigenvalue weighted by Gasteiger charge is 2.21. The Bertz CT molecular complexity index is 680.